The number of hydrogen-bond donors (Lipinski definition) is 1. The van der Waals surface area contributed by atoms with Crippen LogP contribution in [0.3, 0.4) is 0 Å². The molecule has 0 aliphatic carbocycles. The van der Waals surface area contributed by atoms with Crippen molar-refractivity contribution in [3.8, 4) is 0 Å². The third-order valence-corrected chi connectivity index (χ3v) is 2.63. The van der Waals surface area contributed by atoms with Gasteiger partial charge in [0.2, 0.25) is 0 Å². The summed E-state index contributed by atoms with van der Waals surface area (Å²) in [6.45, 7) is 1.68. The zero-order chi connectivity index (χ0) is 7.84. The molecule has 11 heavy (non-hydrogen) atoms. The molecule has 0 fully saturated rings. The van der Waals surface area contributed by atoms with Gasteiger partial charge in [-0.1, -0.05) is 23.2 Å². The van der Waals surface area contributed by atoms with Gasteiger partial charge in [-0.2, -0.15) is 0 Å². The smallest absolute Gasteiger partial charge is 0.0455 e. The minimum absolute atomic E-state index is 0.814. The minimum atomic E-state index is 0.814. The SMILES string of the molecule is Clc1ccc(Cl)c2c1CNC2. The number of nitrogens with one attached hydrogen (secondary N) is 1. The summed E-state index contributed by atoms with van der Waals surface area (Å²) in [5.74, 6) is 0. The molecule has 1 aliphatic rings. The van der Waals surface area contributed by atoms with E-state index in [0.717, 1.165) is 34.3 Å². The molecule has 1 nitrogen and oxygen atoms in total. The van der Waals surface area contributed by atoms with E-state index in [2.05, 4.69) is 5.32 Å². The van der Waals surface area contributed by atoms with Crippen molar-refractivity contribution in [1.29, 1.82) is 0 Å². The standard InChI is InChI=1S/C8H7Cl2N/c9-7-1-2-8(10)6-4-11-3-5(6)7/h1-2,11H,3-4H2. The molecule has 3 heteroatoms. The minimum Gasteiger partial charge on any atom is -0.308 e. The summed E-state index contributed by atoms with van der Waals surface area (Å²) in [4.78, 5) is 0. The van der Waals surface area contributed by atoms with Crippen LogP contribution in [0.4, 0.5) is 0 Å². The Kier molecular flexibility index (Phi) is 1.80. The quantitative estimate of drug-likeness (QED) is 0.659. The first-order valence-electron chi connectivity index (χ1n) is 3.45. The van der Waals surface area contributed by atoms with E-state index < -0.39 is 0 Å². The van der Waals surface area contributed by atoms with Gasteiger partial charge in [0.25, 0.3) is 0 Å². The molecule has 0 aromatic heterocycles. The molecule has 0 saturated heterocycles. The molecule has 0 radical (unpaired) electrons. The fourth-order valence-corrected chi connectivity index (χ4v) is 1.82. The molecule has 58 valence electrons. The molecule has 0 unspecified atom stereocenters. The number of hydrogen-bond acceptors (Lipinski definition) is 1. The van der Waals surface area contributed by atoms with Crippen molar-refractivity contribution in [2.45, 2.75) is 13.1 Å². The highest BCUT2D eigenvalue weighted by Crippen LogP contribution is 2.29. The highest BCUT2D eigenvalue weighted by Gasteiger charge is 2.15. The van der Waals surface area contributed by atoms with Gasteiger partial charge in [-0.15, -0.1) is 0 Å². The predicted octanol–water partition coefficient (Wildman–Crippen LogP) is 2.60. The van der Waals surface area contributed by atoms with Crippen LogP contribution in [0.5, 0.6) is 0 Å². The normalized spacial score (nSPS) is 15.1. The fourth-order valence-electron chi connectivity index (χ4n) is 1.33. The molecule has 1 aliphatic heterocycles. The number of fused-ring (bicyclic) bond motifs is 1. The molecule has 0 atom stereocenters. The van der Waals surface area contributed by atoms with E-state index in [9.17, 15) is 0 Å². The number of rotatable bonds is 0. The Balaban J connectivity index is 2.64. The highest BCUT2D eigenvalue weighted by atomic mass is 35.5. The Morgan fingerprint density at radius 3 is 1.91 bits per heavy atom. The van der Waals surface area contributed by atoms with E-state index in [1.54, 1.807) is 0 Å². The third-order valence-electron chi connectivity index (χ3n) is 1.92. The van der Waals surface area contributed by atoms with E-state index in [1.807, 2.05) is 12.1 Å². The van der Waals surface area contributed by atoms with Crippen LogP contribution in [0.15, 0.2) is 12.1 Å². The summed E-state index contributed by atoms with van der Waals surface area (Å²) in [7, 11) is 0. The lowest BCUT2D eigenvalue weighted by Gasteiger charge is -2.01. The molecule has 1 aromatic rings. The summed E-state index contributed by atoms with van der Waals surface area (Å²) in [6.07, 6.45) is 0. The van der Waals surface area contributed by atoms with Crippen LogP contribution < -0.4 is 5.32 Å². The molecule has 0 saturated carbocycles. The van der Waals surface area contributed by atoms with Crippen molar-refractivity contribution in [3.63, 3.8) is 0 Å². The van der Waals surface area contributed by atoms with Gasteiger partial charge in [0.15, 0.2) is 0 Å². The van der Waals surface area contributed by atoms with Crippen LogP contribution in [0, 0.1) is 0 Å². The average molecular weight is 188 g/mol. The fraction of sp³-hybridized carbons (Fsp3) is 0.250. The maximum atomic E-state index is 5.94. The first-order chi connectivity index (χ1) is 5.29. The second-order valence-electron chi connectivity index (χ2n) is 2.59. The van der Waals surface area contributed by atoms with Crippen molar-refractivity contribution >= 4 is 23.2 Å². The average Bonchev–Trinajstić information content (AvgIpc) is 2.45. The molecule has 1 heterocycles. The van der Waals surface area contributed by atoms with Gasteiger partial charge >= 0.3 is 0 Å². The monoisotopic (exact) mass is 187 g/mol. The molecule has 0 bridgehead atoms. The lowest BCUT2D eigenvalue weighted by Crippen LogP contribution is -2.00. The van der Waals surface area contributed by atoms with E-state index in [-0.39, 0.29) is 0 Å². The van der Waals surface area contributed by atoms with Crippen molar-refractivity contribution < 1.29 is 0 Å². The summed E-state index contributed by atoms with van der Waals surface area (Å²) in [6, 6.07) is 3.69. The lowest BCUT2D eigenvalue weighted by atomic mass is 10.1. The Labute approximate surface area is 75.3 Å². The van der Waals surface area contributed by atoms with Crippen LogP contribution >= 0.6 is 23.2 Å². The zero-order valence-corrected chi connectivity index (χ0v) is 7.34. The molecule has 0 spiro atoms. The van der Waals surface area contributed by atoms with E-state index in [4.69, 9.17) is 23.2 Å². The Morgan fingerprint density at radius 1 is 1.00 bits per heavy atom. The first-order valence-corrected chi connectivity index (χ1v) is 4.21. The van der Waals surface area contributed by atoms with Crippen LogP contribution in [0.1, 0.15) is 11.1 Å². The van der Waals surface area contributed by atoms with Crippen molar-refractivity contribution in [1.82, 2.24) is 5.32 Å². The van der Waals surface area contributed by atoms with Gasteiger partial charge < -0.3 is 5.32 Å². The van der Waals surface area contributed by atoms with Crippen molar-refractivity contribution in [2.75, 3.05) is 0 Å². The van der Waals surface area contributed by atoms with E-state index in [1.165, 1.54) is 0 Å². The second-order valence-corrected chi connectivity index (χ2v) is 3.40. The van der Waals surface area contributed by atoms with Crippen LogP contribution in [0.2, 0.25) is 10.0 Å². The van der Waals surface area contributed by atoms with Gasteiger partial charge in [-0.3, -0.25) is 0 Å². The van der Waals surface area contributed by atoms with E-state index >= 15 is 0 Å². The maximum Gasteiger partial charge on any atom is 0.0455 e. The molecule has 0 amide bonds. The molecule has 1 aromatic carbocycles. The molecule has 2 rings (SSSR count). The van der Waals surface area contributed by atoms with Gasteiger partial charge in [0.05, 0.1) is 0 Å². The van der Waals surface area contributed by atoms with Crippen LogP contribution in [-0.4, -0.2) is 0 Å². The number of benzene rings is 1. The Morgan fingerprint density at radius 2 is 1.45 bits per heavy atom. The van der Waals surface area contributed by atoms with Crippen LogP contribution in [-0.2, 0) is 13.1 Å². The van der Waals surface area contributed by atoms with Crippen molar-refractivity contribution in [3.05, 3.63) is 33.3 Å². The van der Waals surface area contributed by atoms with E-state index in [0.29, 0.717) is 0 Å². The second kappa shape index (κ2) is 2.67. The van der Waals surface area contributed by atoms with Gasteiger partial charge in [0.1, 0.15) is 0 Å². The molecular weight excluding hydrogens is 181 g/mol. The van der Waals surface area contributed by atoms with Crippen molar-refractivity contribution in [2.24, 2.45) is 0 Å². The maximum absolute atomic E-state index is 5.94. The molecular formula is C8H7Cl2N. The Bertz CT molecular complexity index is 267. The summed E-state index contributed by atoms with van der Waals surface area (Å²) in [5.41, 5.74) is 2.30. The predicted molar refractivity (Wildman–Crippen MR) is 47.0 cm³/mol. The topological polar surface area (TPSA) is 12.0 Å². The van der Waals surface area contributed by atoms with Gasteiger partial charge in [0, 0.05) is 23.1 Å². The summed E-state index contributed by atoms with van der Waals surface area (Å²) >= 11 is 11.9. The summed E-state index contributed by atoms with van der Waals surface area (Å²) in [5, 5.41) is 4.83. The summed E-state index contributed by atoms with van der Waals surface area (Å²) < 4.78 is 0. The Hall–Kier alpha value is -0.240. The largest absolute Gasteiger partial charge is 0.308 e. The highest BCUT2D eigenvalue weighted by molar-refractivity contribution is 6.34. The third kappa shape index (κ3) is 1.13. The van der Waals surface area contributed by atoms with Gasteiger partial charge in [-0.25, -0.2) is 0 Å². The zero-order valence-electron chi connectivity index (χ0n) is 5.82. The number of halogens is 2. The van der Waals surface area contributed by atoms with Crippen LogP contribution in [0.25, 0.3) is 0 Å². The first kappa shape index (κ1) is 7.41. The lowest BCUT2D eigenvalue weighted by molar-refractivity contribution is 0.765. The van der Waals surface area contributed by atoms with Gasteiger partial charge in [-0.05, 0) is 23.3 Å². The molecule has 1 N–H and O–H groups in total.